The Morgan fingerprint density at radius 3 is 2.73 bits per heavy atom. The summed E-state index contributed by atoms with van der Waals surface area (Å²) in [4.78, 5) is 41.2. The quantitative estimate of drug-likeness (QED) is 0.639. The van der Waals surface area contributed by atoms with Gasteiger partial charge in [-0.1, -0.05) is 29.0 Å². The number of nitrogens with zero attached hydrogens (tertiary/aromatic N) is 2. The van der Waals surface area contributed by atoms with Crippen LogP contribution < -0.4 is 5.32 Å². The Bertz CT molecular complexity index is 784. The molecule has 0 unspecified atom stereocenters. The van der Waals surface area contributed by atoms with Crippen LogP contribution in [0.25, 0.3) is 10.2 Å². The second-order valence-corrected chi connectivity index (χ2v) is 5.62. The molecule has 114 valence electrons. The number of carbonyl (C=O) groups excluding carboxylic acids is 2. The van der Waals surface area contributed by atoms with Gasteiger partial charge in [0.15, 0.2) is 16.6 Å². The Hall–Kier alpha value is -2.32. The van der Waals surface area contributed by atoms with E-state index in [-0.39, 0.29) is 0 Å². The molecule has 1 aromatic heterocycles. The molecule has 0 saturated carbocycles. The summed E-state index contributed by atoms with van der Waals surface area (Å²) in [5.74, 6) is -2.76. The van der Waals surface area contributed by atoms with E-state index in [1.54, 1.807) is 12.1 Å². The lowest BCUT2D eigenvalue weighted by molar-refractivity contribution is -0.130. The predicted molar refractivity (Wildman–Crippen MR) is 83.9 cm³/mol. The number of carboxylic acids is 1. The van der Waals surface area contributed by atoms with Gasteiger partial charge >= 0.3 is 5.97 Å². The lowest BCUT2D eigenvalue weighted by Gasteiger charge is -1.99. The molecule has 1 heterocycles. The van der Waals surface area contributed by atoms with E-state index in [0.29, 0.717) is 15.7 Å². The Labute approximate surface area is 133 Å². The minimum absolute atomic E-state index is 0.322. The standard InChI is InChI=1S/C13H10ClN3O4S/c1-6(18)10(12(20)21)15-5-9(19)16-13-17-11-7(14)3-2-4-8(11)22-13/h2-4H,5H2,1H3,(H,20,21)(H,16,17,19). The van der Waals surface area contributed by atoms with Gasteiger partial charge in [0.1, 0.15) is 12.1 Å². The number of hydrogen-bond donors (Lipinski definition) is 2. The first kappa shape index (κ1) is 16.1. The first-order valence-electron chi connectivity index (χ1n) is 6.02. The summed E-state index contributed by atoms with van der Waals surface area (Å²) >= 11 is 7.21. The molecule has 0 aliphatic rings. The number of rotatable bonds is 5. The van der Waals surface area contributed by atoms with E-state index in [0.717, 1.165) is 11.6 Å². The van der Waals surface area contributed by atoms with E-state index in [9.17, 15) is 14.4 Å². The largest absolute Gasteiger partial charge is 0.476 e. The minimum Gasteiger partial charge on any atom is -0.476 e. The number of anilines is 1. The minimum atomic E-state index is -1.47. The summed E-state index contributed by atoms with van der Waals surface area (Å²) in [6.07, 6.45) is 0. The molecular formula is C13H10ClN3O4S. The third-order valence-electron chi connectivity index (χ3n) is 2.53. The number of aromatic nitrogens is 1. The molecule has 0 atom stereocenters. The van der Waals surface area contributed by atoms with Crippen LogP contribution in [0.1, 0.15) is 6.92 Å². The van der Waals surface area contributed by atoms with Gasteiger partial charge in [-0.05, 0) is 12.1 Å². The summed E-state index contributed by atoms with van der Waals surface area (Å²) in [6, 6.07) is 5.27. The zero-order chi connectivity index (χ0) is 16.3. The molecule has 0 saturated heterocycles. The molecule has 1 aromatic carbocycles. The van der Waals surface area contributed by atoms with E-state index in [1.165, 1.54) is 11.3 Å². The van der Waals surface area contributed by atoms with Crippen LogP contribution in [0, 0.1) is 0 Å². The number of aliphatic carboxylic acids is 1. The average Bonchev–Trinajstić information content (AvgIpc) is 2.82. The molecule has 9 heteroatoms. The topological polar surface area (TPSA) is 109 Å². The molecule has 2 N–H and O–H groups in total. The number of Topliss-reactive ketones (excluding diaryl/α,β-unsaturated/α-hetero) is 1. The molecule has 0 aliphatic carbocycles. The van der Waals surface area contributed by atoms with Crippen molar-refractivity contribution in [3.8, 4) is 0 Å². The molecule has 1 amide bonds. The predicted octanol–water partition coefficient (Wildman–Crippen LogP) is 2.00. The van der Waals surface area contributed by atoms with Crippen molar-refractivity contribution in [2.24, 2.45) is 4.99 Å². The van der Waals surface area contributed by atoms with Crippen molar-refractivity contribution >= 4 is 61.7 Å². The zero-order valence-corrected chi connectivity index (χ0v) is 12.9. The number of carboxylic acid groups (broad SMARTS) is 1. The van der Waals surface area contributed by atoms with Crippen molar-refractivity contribution in [1.82, 2.24) is 4.98 Å². The monoisotopic (exact) mass is 339 g/mol. The fourth-order valence-corrected chi connectivity index (χ4v) is 2.79. The van der Waals surface area contributed by atoms with Crippen LogP contribution in [-0.4, -0.2) is 40.0 Å². The second-order valence-electron chi connectivity index (χ2n) is 4.18. The van der Waals surface area contributed by atoms with E-state index in [1.807, 2.05) is 6.07 Å². The van der Waals surface area contributed by atoms with Crippen LogP contribution in [0.15, 0.2) is 23.2 Å². The third-order valence-corrected chi connectivity index (χ3v) is 3.77. The molecule has 0 bridgehead atoms. The highest BCUT2D eigenvalue weighted by atomic mass is 35.5. The number of ketones is 1. The molecule has 0 radical (unpaired) electrons. The fraction of sp³-hybridized carbons (Fsp3) is 0.154. The van der Waals surface area contributed by atoms with Crippen molar-refractivity contribution in [3.05, 3.63) is 23.2 Å². The molecule has 7 nitrogen and oxygen atoms in total. The fourth-order valence-electron chi connectivity index (χ4n) is 1.61. The van der Waals surface area contributed by atoms with Gasteiger partial charge in [-0.2, -0.15) is 0 Å². The highest BCUT2D eigenvalue weighted by Gasteiger charge is 2.16. The number of aliphatic imine (C=N–C) groups is 1. The Morgan fingerprint density at radius 2 is 2.14 bits per heavy atom. The van der Waals surface area contributed by atoms with Gasteiger partial charge in [-0.25, -0.2) is 9.78 Å². The number of thiazole rings is 1. The normalized spacial score (nSPS) is 11.5. The average molecular weight is 340 g/mol. The van der Waals surface area contributed by atoms with Gasteiger partial charge in [-0.3, -0.25) is 14.6 Å². The maximum absolute atomic E-state index is 11.7. The van der Waals surface area contributed by atoms with Gasteiger partial charge < -0.3 is 10.4 Å². The first-order chi connectivity index (χ1) is 10.4. The van der Waals surface area contributed by atoms with Gasteiger partial charge in [0.25, 0.3) is 0 Å². The van der Waals surface area contributed by atoms with Gasteiger partial charge in [0, 0.05) is 6.92 Å². The maximum atomic E-state index is 11.7. The Morgan fingerprint density at radius 1 is 1.41 bits per heavy atom. The number of benzene rings is 1. The summed E-state index contributed by atoms with van der Waals surface area (Å²) in [7, 11) is 0. The first-order valence-corrected chi connectivity index (χ1v) is 7.21. The number of amides is 1. The second kappa shape index (κ2) is 6.63. The smallest absolute Gasteiger partial charge is 0.357 e. The molecular weight excluding hydrogens is 330 g/mol. The van der Waals surface area contributed by atoms with Crippen molar-refractivity contribution in [1.29, 1.82) is 0 Å². The van der Waals surface area contributed by atoms with Gasteiger partial charge in [0.2, 0.25) is 5.91 Å². The van der Waals surface area contributed by atoms with E-state index in [2.05, 4.69) is 15.3 Å². The summed E-state index contributed by atoms with van der Waals surface area (Å²) in [6.45, 7) is 0.589. The van der Waals surface area contributed by atoms with Crippen molar-refractivity contribution in [2.75, 3.05) is 11.9 Å². The number of para-hydroxylation sites is 1. The number of nitrogens with one attached hydrogen (secondary N) is 1. The number of carbonyl (C=O) groups is 3. The van der Waals surface area contributed by atoms with E-state index in [4.69, 9.17) is 16.7 Å². The zero-order valence-electron chi connectivity index (χ0n) is 11.3. The number of fused-ring (bicyclic) bond motifs is 1. The molecule has 0 fully saturated rings. The van der Waals surface area contributed by atoms with Crippen LogP contribution in [0.5, 0.6) is 0 Å². The Kier molecular flexibility index (Phi) is 4.84. The molecule has 22 heavy (non-hydrogen) atoms. The third kappa shape index (κ3) is 3.66. The Balaban J connectivity index is 2.11. The number of hydrogen-bond acceptors (Lipinski definition) is 6. The van der Waals surface area contributed by atoms with Crippen LogP contribution in [0.4, 0.5) is 5.13 Å². The highest BCUT2D eigenvalue weighted by molar-refractivity contribution is 7.22. The molecule has 0 aliphatic heterocycles. The van der Waals surface area contributed by atoms with Crippen LogP contribution in [0.2, 0.25) is 5.02 Å². The van der Waals surface area contributed by atoms with Crippen molar-refractivity contribution < 1.29 is 19.5 Å². The highest BCUT2D eigenvalue weighted by Crippen LogP contribution is 2.30. The van der Waals surface area contributed by atoms with E-state index >= 15 is 0 Å². The maximum Gasteiger partial charge on any atom is 0.357 e. The lowest BCUT2D eigenvalue weighted by atomic mass is 10.3. The van der Waals surface area contributed by atoms with Gasteiger partial charge in [0.05, 0.1) is 9.72 Å². The van der Waals surface area contributed by atoms with Gasteiger partial charge in [-0.15, -0.1) is 0 Å². The van der Waals surface area contributed by atoms with Crippen LogP contribution in [-0.2, 0) is 14.4 Å². The molecule has 2 aromatic rings. The SMILES string of the molecule is CC(=O)C(=NCC(=O)Nc1nc2c(Cl)cccc2s1)C(=O)O. The van der Waals surface area contributed by atoms with E-state index < -0.39 is 29.9 Å². The van der Waals surface area contributed by atoms with Crippen molar-refractivity contribution in [2.45, 2.75) is 6.92 Å². The summed E-state index contributed by atoms with van der Waals surface area (Å²) in [5.41, 5.74) is -0.0922. The molecule has 2 rings (SSSR count). The molecule has 0 spiro atoms. The van der Waals surface area contributed by atoms with Crippen LogP contribution in [0.3, 0.4) is 0 Å². The lowest BCUT2D eigenvalue weighted by Crippen LogP contribution is -2.24. The van der Waals surface area contributed by atoms with Crippen molar-refractivity contribution in [3.63, 3.8) is 0 Å². The van der Waals surface area contributed by atoms with Crippen LogP contribution >= 0.6 is 22.9 Å². The summed E-state index contributed by atoms with van der Waals surface area (Å²) < 4.78 is 0.807. The summed E-state index contributed by atoms with van der Waals surface area (Å²) in [5, 5.41) is 12.0. The number of halogens is 1.